The van der Waals surface area contributed by atoms with E-state index in [0.717, 1.165) is 18.8 Å². The Kier molecular flexibility index (Phi) is 62.2. The van der Waals surface area contributed by atoms with E-state index >= 15 is 0 Å². The van der Waals surface area contributed by atoms with Crippen LogP contribution in [0.4, 0.5) is 0 Å². The lowest BCUT2D eigenvalue weighted by atomic mass is 10.0. The minimum atomic E-state index is 0.822. The molecule has 0 amide bonds. The van der Waals surface area contributed by atoms with Crippen molar-refractivity contribution in [3.05, 3.63) is 48.0 Å². The smallest absolute Gasteiger partial charge is 0.0184 e. The minimum absolute atomic E-state index is 0.822. The van der Waals surface area contributed by atoms with Crippen LogP contribution in [0.15, 0.2) is 42.5 Å². The average molecular weight is 543 g/mol. The molecule has 1 rings (SSSR count). The third-order valence-electron chi connectivity index (χ3n) is 4.83. The molecular weight excluding hydrogens is 480 g/mol. The molecule has 0 bridgehead atoms. The van der Waals surface area contributed by atoms with E-state index in [1.54, 1.807) is 0 Å². The largest absolute Gasteiger partial charge is 0.0894 e. The number of halogens is 1. The molecule has 0 fully saturated rings. The Bertz CT molecular complexity index is 693. The van der Waals surface area contributed by atoms with Crippen LogP contribution in [-0.2, 0) is 6.42 Å². The van der Waals surface area contributed by atoms with Gasteiger partial charge in [-0.15, -0.1) is 0 Å². The molecule has 0 saturated carbocycles. The SMILES string of the molecule is CCC.CCC#CC#CC#CCl.CCC(CC)CC.CCC=CCC.CCCCC.CCc1ccccc1. The monoisotopic (exact) mass is 542 g/mol. The lowest BCUT2D eigenvalue weighted by Gasteiger charge is -2.05. The van der Waals surface area contributed by atoms with E-state index in [9.17, 15) is 0 Å². The van der Waals surface area contributed by atoms with Crippen LogP contribution in [0.25, 0.3) is 0 Å². The Hall–Kier alpha value is -2.07. The maximum absolute atomic E-state index is 5.00. The molecule has 0 heterocycles. The number of unbranched alkanes of at least 4 members (excludes halogenated alkanes) is 2. The van der Waals surface area contributed by atoms with Gasteiger partial charge in [-0.1, -0.05) is 170 Å². The van der Waals surface area contributed by atoms with Crippen molar-refractivity contribution in [1.82, 2.24) is 0 Å². The summed E-state index contributed by atoms with van der Waals surface area (Å²) in [6.45, 7) is 23.9. The first-order valence-electron chi connectivity index (χ1n) is 15.2. The van der Waals surface area contributed by atoms with Crippen LogP contribution >= 0.6 is 11.6 Å². The van der Waals surface area contributed by atoms with Gasteiger partial charge in [-0.25, -0.2) is 0 Å². The third-order valence-corrected chi connectivity index (χ3v) is 4.92. The maximum atomic E-state index is 5.00. The van der Waals surface area contributed by atoms with Gasteiger partial charge in [-0.05, 0) is 54.2 Å². The third kappa shape index (κ3) is 59.2. The van der Waals surface area contributed by atoms with Gasteiger partial charge in [-0.2, -0.15) is 0 Å². The van der Waals surface area contributed by atoms with Crippen molar-refractivity contribution < 1.29 is 0 Å². The van der Waals surface area contributed by atoms with Gasteiger partial charge >= 0.3 is 0 Å². The van der Waals surface area contributed by atoms with Crippen molar-refractivity contribution in [3.8, 4) is 35.0 Å². The topological polar surface area (TPSA) is 0 Å². The summed E-state index contributed by atoms with van der Waals surface area (Å²) in [4.78, 5) is 0. The Balaban J connectivity index is -0.000000118. The van der Waals surface area contributed by atoms with Crippen molar-refractivity contribution >= 4 is 11.6 Å². The second kappa shape index (κ2) is 51.5. The molecule has 0 spiro atoms. The molecule has 0 saturated heterocycles. The van der Waals surface area contributed by atoms with Gasteiger partial charge in [-0.3, -0.25) is 0 Å². The van der Waals surface area contributed by atoms with E-state index in [1.807, 2.05) is 13.0 Å². The number of benzene rings is 1. The molecule has 0 aliphatic heterocycles. The predicted octanol–water partition coefficient (Wildman–Crippen LogP) is 12.7. The number of rotatable bonds is 8. The highest BCUT2D eigenvalue weighted by atomic mass is 35.5. The number of aryl methyl sites for hydroxylation is 1. The van der Waals surface area contributed by atoms with E-state index in [0.29, 0.717) is 0 Å². The highest BCUT2D eigenvalue weighted by Crippen LogP contribution is 2.10. The highest BCUT2D eigenvalue weighted by molar-refractivity contribution is 6.30. The standard InChI is InChI=1S/C8H5Cl.C8H10.C7H16.C6H12.C5H12.C3H8/c1-2-3-4-5-6-7-8-9;1-2-8-6-4-3-5-7-8;1-4-7(5-2)6-3;1-3-5-6-4-2;1-3-5-4-2;1-3-2/h2H2,1H3;3-7H,2H2,1H3;7H,4-6H2,1-3H3;5-6H,3-4H2,1-2H3;3-5H2,1-2H3;3H2,1-2H3. The fraction of sp³-hybridized carbons (Fsp3) is 0.622. The summed E-state index contributed by atoms with van der Waals surface area (Å²) < 4.78 is 0. The second-order valence-corrected chi connectivity index (χ2v) is 8.59. The van der Waals surface area contributed by atoms with Crippen LogP contribution in [0.2, 0.25) is 0 Å². The van der Waals surface area contributed by atoms with Gasteiger partial charge in [0.1, 0.15) is 0 Å². The zero-order valence-corrected chi connectivity index (χ0v) is 28.0. The van der Waals surface area contributed by atoms with Gasteiger partial charge in [0.25, 0.3) is 0 Å². The molecule has 38 heavy (non-hydrogen) atoms. The summed E-state index contributed by atoms with van der Waals surface area (Å²) in [6, 6.07) is 10.5. The van der Waals surface area contributed by atoms with E-state index in [2.05, 4.69) is 141 Å². The fourth-order valence-corrected chi connectivity index (χ4v) is 2.53. The molecular formula is C37H63Cl. The molecule has 1 aromatic rings. The summed E-state index contributed by atoms with van der Waals surface area (Å²) in [5.74, 6) is 13.7. The minimum Gasteiger partial charge on any atom is -0.0894 e. The summed E-state index contributed by atoms with van der Waals surface area (Å²) in [6.07, 6.45) is 18.1. The van der Waals surface area contributed by atoms with Gasteiger partial charge in [0.05, 0.1) is 0 Å². The van der Waals surface area contributed by atoms with Gasteiger partial charge < -0.3 is 0 Å². The van der Waals surface area contributed by atoms with Crippen LogP contribution in [0, 0.1) is 40.9 Å². The molecule has 0 atom stereocenters. The second-order valence-electron chi connectivity index (χ2n) is 8.40. The first-order chi connectivity index (χ1) is 18.4. The average Bonchev–Trinajstić information content (AvgIpc) is 2.95. The molecule has 0 aliphatic carbocycles. The molecule has 0 unspecified atom stereocenters. The van der Waals surface area contributed by atoms with Gasteiger partial charge in [0.15, 0.2) is 0 Å². The molecule has 0 nitrogen and oxygen atoms in total. The molecule has 1 aromatic carbocycles. The quantitative estimate of drug-likeness (QED) is 0.226. The molecule has 218 valence electrons. The Morgan fingerprint density at radius 1 is 0.658 bits per heavy atom. The molecule has 0 N–H and O–H groups in total. The number of hydrogen-bond donors (Lipinski definition) is 0. The Morgan fingerprint density at radius 3 is 1.34 bits per heavy atom. The first kappa shape index (κ1) is 45.8. The molecule has 1 heteroatoms. The summed E-state index contributed by atoms with van der Waals surface area (Å²) in [5, 5.41) is 2.13. The van der Waals surface area contributed by atoms with Gasteiger partial charge in [0.2, 0.25) is 0 Å². The van der Waals surface area contributed by atoms with Gasteiger partial charge in [0, 0.05) is 23.6 Å². The summed E-state index contributed by atoms with van der Waals surface area (Å²) in [7, 11) is 0. The summed E-state index contributed by atoms with van der Waals surface area (Å²) >= 11 is 5.00. The van der Waals surface area contributed by atoms with Crippen molar-refractivity contribution in [3.63, 3.8) is 0 Å². The summed E-state index contributed by atoms with van der Waals surface area (Å²) in [5.41, 5.74) is 1.41. The van der Waals surface area contributed by atoms with E-state index in [-0.39, 0.29) is 0 Å². The molecule has 0 aliphatic rings. The Labute approximate surface area is 246 Å². The van der Waals surface area contributed by atoms with Crippen LogP contribution in [0.3, 0.4) is 0 Å². The lowest BCUT2D eigenvalue weighted by Crippen LogP contribution is -1.91. The van der Waals surface area contributed by atoms with Crippen molar-refractivity contribution in [1.29, 1.82) is 0 Å². The van der Waals surface area contributed by atoms with E-state index in [4.69, 9.17) is 11.6 Å². The predicted molar refractivity (Wildman–Crippen MR) is 181 cm³/mol. The fourth-order valence-electron chi connectivity index (χ4n) is 2.49. The van der Waals surface area contributed by atoms with Crippen LogP contribution in [0.1, 0.15) is 146 Å². The first-order valence-corrected chi connectivity index (χ1v) is 15.6. The normalized spacial score (nSPS) is 8.13. The zero-order chi connectivity index (χ0) is 30.1. The van der Waals surface area contributed by atoms with E-state index in [1.165, 1.54) is 63.4 Å². The van der Waals surface area contributed by atoms with Crippen LogP contribution in [-0.4, -0.2) is 0 Å². The molecule has 0 aromatic heterocycles. The van der Waals surface area contributed by atoms with Crippen LogP contribution < -0.4 is 0 Å². The maximum Gasteiger partial charge on any atom is 0.0184 e. The lowest BCUT2D eigenvalue weighted by molar-refractivity contribution is 0.477. The number of allylic oxidation sites excluding steroid dienone is 2. The van der Waals surface area contributed by atoms with Crippen LogP contribution in [0.5, 0.6) is 0 Å². The number of hydrogen-bond acceptors (Lipinski definition) is 0. The van der Waals surface area contributed by atoms with E-state index < -0.39 is 0 Å². The van der Waals surface area contributed by atoms with Crippen molar-refractivity contribution in [2.75, 3.05) is 0 Å². The van der Waals surface area contributed by atoms with Crippen molar-refractivity contribution in [2.24, 2.45) is 5.92 Å². The highest BCUT2D eigenvalue weighted by Gasteiger charge is 1.95. The molecule has 0 radical (unpaired) electrons. The Morgan fingerprint density at radius 2 is 1.11 bits per heavy atom. The zero-order valence-electron chi connectivity index (χ0n) is 27.3. The van der Waals surface area contributed by atoms with Crippen molar-refractivity contribution in [2.45, 2.75) is 147 Å².